The van der Waals surface area contributed by atoms with Crippen molar-refractivity contribution in [1.82, 2.24) is 9.29 Å². The Kier molecular flexibility index (Phi) is 5.66. The van der Waals surface area contributed by atoms with Gasteiger partial charge in [0, 0.05) is 12.6 Å². The SMILES string of the molecule is COC(=O)Cn1c(=O)oc2cc(S(=O)(=O)NCC(C)c3ccccc3)ccc21. The quantitative estimate of drug-likeness (QED) is 0.602. The molecule has 0 saturated carbocycles. The number of nitrogens with zero attached hydrogens (tertiary/aromatic N) is 1. The molecule has 1 aromatic heterocycles. The molecular weight excluding hydrogens is 384 g/mol. The third kappa shape index (κ3) is 4.15. The minimum absolute atomic E-state index is 0.0150. The van der Waals surface area contributed by atoms with Crippen LogP contribution in [0.2, 0.25) is 0 Å². The molecule has 1 N–H and O–H groups in total. The first-order chi connectivity index (χ1) is 13.3. The van der Waals surface area contributed by atoms with Gasteiger partial charge in [-0.3, -0.25) is 9.36 Å². The number of nitrogens with one attached hydrogen (secondary N) is 1. The van der Waals surface area contributed by atoms with Crippen molar-refractivity contribution in [2.45, 2.75) is 24.3 Å². The fourth-order valence-electron chi connectivity index (χ4n) is 2.77. The summed E-state index contributed by atoms with van der Waals surface area (Å²) < 4.78 is 38.5. The summed E-state index contributed by atoms with van der Waals surface area (Å²) in [6.07, 6.45) is 0. The van der Waals surface area contributed by atoms with Crippen molar-refractivity contribution in [3.8, 4) is 0 Å². The summed E-state index contributed by atoms with van der Waals surface area (Å²) in [5, 5.41) is 0. The topological polar surface area (TPSA) is 108 Å². The maximum Gasteiger partial charge on any atom is 0.420 e. The first kappa shape index (κ1) is 19.8. The minimum atomic E-state index is -3.80. The van der Waals surface area contributed by atoms with Crippen LogP contribution in [0.5, 0.6) is 0 Å². The molecule has 0 amide bonds. The molecule has 0 bridgehead atoms. The van der Waals surface area contributed by atoms with Crippen LogP contribution in [-0.4, -0.2) is 32.6 Å². The van der Waals surface area contributed by atoms with Crippen molar-refractivity contribution in [3.05, 3.63) is 64.6 Å². The smallest absolute Gasteiger partial charge is 0.420 e. The molecule has 0 aliphatic rings. The number of methoxy groups -OCH3 is 1. The Balaban J connectivity index is 1.82. The molecule has 0 fully saturated rings. The lowest BCUT2D eigenvalue weighted by atomic mass is 10.0. The lowest BCUT2D eigenvalue weighted by Gasteiger charge is -2.13. The predicted molar refractivity (Wildman–Crippen MR) is 103 cm³/mol. The van der Waals surface area contributed by atoms with Crippen LogP contribution in [0.15, 0.2) is 62.6 Å². The number of carbonyl (C=O) groups is 1. The highest BCUT2D eigenvalue weighted by atomic mass is 32.2. The zero-order chi connectivity index (χ0) is 20.3. The Hall–Kier alpha value is -2.91. The van der Waals surface area contributed by atoms with Gasteiger partial charge in [0.05, 0.1) is 17.5 Å². The van der Waals surface area contributed by atoms with Gasteiger partial charge in [-0.15, -0.1) is 0 Å². The molecule has 0 saturated heterocycles. The number of rotatable bonds is 7. The maximum atomic E-state index is 12.6. The molecule has 28 heavy (non-hydrogen) atoms. The summed E-state index contributed by atoms with van der Waals surface area (Å²) in [6, 6.07) is 13.6. The molecule has 3 aromatic rings. The van der Waals surface area contributed by atoms with Gasteiger partial charge in [0.2, 0.25) is 10.0 Å². The first-order valence-electron chi connectivity index (χ1n) is 8.56. The van der Waals surface area contributed by atoms with Crippen molar-refractivity contribution in [1.29, 1.82) is 0 Å². The molecule has 1 unspecified atom stereocenters. The molecule has 1 heterocycles. The molecule has 8 nitrogen and oxygen atoms in total. The van der Waals surface area contributed by atoms with Gasteiger partial charge in [-0.05, 0) is 23.6 Å². The number of benzene rings is 2. The molecule has 0 aliphatic heterocycles. The molecule has 0 radical (unpaired) electrons. The van der Waals surface area contributed by atoms with Gasteiger partial charge in [0.15, 0.2) is 5.58 Å². The van der Waals surface area contributed by atoms with Crippen LogP contribution in [-0.2, 0) is 26.1 Å². The van der Waals surface area contributed by atoms with E-state index in [4.69, 9.17) is 4.42 Å². The zero-order valence-corrected chi connectivity index (χ0v) is 16.2. The number of oxazole rings is 1. The van der Waals surface area contributed by atoms with E-state index in [9.17, 15) is 18.0 Å². The summed E-state index contributed by atoms with van der Waals surface area (Å²) in [6.45, 7) is 1.83. The van der Waals surface area contributed by atoms with E-state index in [1.54, 1.807) is 0 Å². The van der Waals surface area contributed by atoms with Crippen molar-refractivity contribution < 1.29 is 22.4 Å². The van der Waals surface area contributed by atoms with Gasteiger partial charge in [-0.1, -0.05) is 37.3 Å². The monoisotopic (exact) mass is 404 g/mol. The van der Waals surface area contributed by atoms with E-state index in [1.807, 2.05) is 37.3 Å². The molecule has 3 rings (SSSR count). The predicted octanol–water partition coefficient (Wildman–Crippen LogP) is 1.85. The number of sulfonamides is 1. The summed E-state index contributed by atoms with van der Waals surface area (Å²) >= 11 is 0. The molecule has 0 spiro atoms. The molecule has 9 heteroatoms. The van der Waals surface area contributed by atoms with Crippen LogP contribution >= 0.6 is 0 Å². The number of hydrogen-bond acceptors (Lipinski definition) is 6. The summed E-state index contributed by atoms with van der Waals surface area (Å²) in [5.41, 5.74) is 1.41. The minimum Gasteiger partial charge on any atom is -0.468 e. The second-order valence-electron chi connectivity index (χ2n) is 6.32. The number of carbonyl (C=O) groups excluding carboxylic acids is 1. The lowest BCUT2D eigenvalue weighted by Crippen LogP contribution is -2.27. The average molecular weight is 404 g/mol. The van der Waals surface area contributed by atoms with Crippen molar-refractivity contribution in [3.63, 3.8) is 0 Å². The van der Waals surface area contributed by atoms with Crippen LogP contribution in [0.4, 0.5) is 0 Å². The maximum absolute atomic E-state index is 12.6. The Bertz CT molecular complexity index is 1150. The molecule has 0 aliphatic carbocycles. The summed E-state index contributed by atoms with van der Waals surface area (Å²) in [4.78, 5) is 23.4. The zero-order valence-electron chi connectivity index (χ0n) is 15.4. The second-order valence-corrected chi connectivity index (χ2v) is 8.09. The highest BCUT2D eigenvalue weighted by molar-refractivity contribution is 7.89. The number of ether oxygens (including phenoxy) is 1. The van der Waals surface area contributed by atoms with Gasteiger partial charge in [-0.2, -0.15) is 0 Å². The first-order valence-corrected chi connectivity index (χ1v) is 10.0. The van der Waals surface area contributed by atoms with Crippen LogP contribution in [0.25, 0.3) is 11.1 Å². The molecule has 2 aromatic carbocycles. The van der Waals surface area contributed by atoms with Crippen LogP contribution in [0.1, 0.15) is 18.4 Å². The average Bonchev–Trinajstić information content (AvgIpc) is 3.01. The molecule has 148 valence electrons. The largest absolute Gasteiger partial charge is 0.468 e. The van der Waals surface area contributed by atoms with E-state index in [2.05, 4.69) is 9.46 Å². The second kappa shape index (κ2) is 7.99. The van der Waals surface area contributed by atoms with Gasteiger partial charge in [0.25, 0.3) is 0 Å². The van der Waals surface area contributed by atoms with E-state index in [1.165, 1.54) is 25.3 Å². The van der Waals surface area contributed by atoms with Gasteiger partial charge < -0.3 is 9.15 Å². The van der Waals surface area contributed by atoms with Crippen LogP contribution < -0.4 is 10.5 Å². The fourth-order valence-corrected chi connectivity index (χ4v) is 3.92. The van der Waals surface area contributed by atoms with E-state index >= 15 is 0 Å². The van der Waals surface area contributed by atoms with E-state index in [0.717, 1.165) is 10.1 Å². The van der Waals surface area contributed by atoms with E-state index in [0.29, 0.717) is 5.52 Å². The van der Waals surface area contributed by atoms with E-state index < -0.39 is 21.7 Å². The Morgan fingerprint density at radius 2 is 1.93 bits per heavy atom. The molecule has 1 atom stereocenters. The Labute approximate surface area is 161 Å². The van der Waals surface area contributed by atoms with Gasteiger partial charge >= 0.3 is 11.7 Å². The van der Waals surface area contributed by atoms with Crippen LogP contribution in [0, 0.1) is 0 Å². The third-order valence-electron chi connectivity index (χ3n) is 4.41. The summed E-state index contributed by atoms with van der Waals surface area (Å²) in [7, 11) is -2.59. The molecular formula is C19H20N2O6S. The van der Waals surface area contributed by atoms with Gasteiger partial charge in [-0.25, -0.2) is 17.9 Å². The normalized spacial score (nSPS) is 12.8. The lowest BCUT2D eigenvalue weighted by molar-refractivity contribution is -0.141. The highest BCUT2D eigenvalue weighted by Gasteiger charge is 2.19. The number of fused-ring (bicyclic) bond motifs is 1. The number of hydrogen-bond donors (Lipinski definition) is 1. The summed E-state index contributed by atoms with van der Waals surface area (Å²) in [5.74, 6) is -1.39. The van der Waals surface area contributed by atoms with Crippen molar-refractivity contribution in [2.24, 2.45) is 0 Å². The Morgan fingerprint density at radius 1 is 1.21 bits per heavy atom. The number of esters is 1. The highest BCUT2D eigenvalue weighted by Crippen LogP contribution is 2.20. The van der Waals surface area contributed by atoms with Crippen LogP contribution in [0.3, 0.4) is 0 Å². The Morgan fingerprint density at radius 3 is 2.61 bits per heavy atom. The third-order valence-corrected chi connectivity index (χ3v) is 5.83. The van der Waals surface area contributed by atoms with Crippen molar-refractivity contribution in [2.75, 3.05) is 13.7 Å². The van der Waals surface area contributed by atoms with Gasteiger partial charge in [0.1, 0.15) is 6.54 Å². The van der Waals surface area contributed by atoms with Crippen molar-refractivity contribution >= 4 is 27.1 Å². The van der Waals surface area contributed by atoms with E-state index in [-0.39, 0.29) is 29.5 Å². The number of aromatic nitrogens is 1. The fraction of sp³-hybridized carbons (Fsp3) is 0.263. The standard InChI is InChI=1S/C19H20N2O6S/c1-13(14-6-4-3-5-7-14)11-20-28(24,25)15-8-9-16-17(10-15)27-19(23)21(16)12-18(22)26-2/h3-10,13,20H,11-12H2,1-2H3.